The van der Waals surface area contributed by atoms with Gasteiger partial charge in [0.1, 0.15) is 0 Å². The van der Waals surface area contributed by atoms with Gasteiger partial charge in [0, 0.05) is 12.6 Å². The van der Waals surface area contributed by atoms with Crippen molar-refractivity contribution in [3.63, 3.8) is 0 Å². The zero-order chi connectivity index (χ0) is 15.5. The number of hydrogen-bond acceptors (Lipinski definition) is 2. The molecular formula is C15H20ClF3N2O. The zero-order valence-corrected chi connectivity index (χ0v) is 13.1. The van der Waals surface area contributed by atoms with Gasteiger partial charge in [-0.05, 0) is 36.6 Å². The van der Waals surface area contributed by atoms with Crippen LogP contribution >= 0.6 is 12.4 Å². The molecule has 2 N–H and O–H groups in total. The molecule has 1 aromatic carbocycles. The molecule has 1 heterocycles. The van der Waals surface area contributed by atoms with E-state index in [4.69, 9.17) is 0 Å². The van der Waals surface area contributed by atoms with Gasteiger partial charge in [-0.15, -0.1) is 12.4 Å². The molecule has 1 fully saturated rings. The van der Waals surface area contributed by atoms with Crippen LogP contribution in [0.5, 0.6) is 0 Å². The Kier molecular flexibility index (Phi) is 6.68. The van der Waals surface area contributed by atoms with E-state index in [1.807, 2.05) is 0 Å². The number of amides is 1. The van der Waals surface area contributed by atoms with Crippen molar-refractivity contribution in [1.29, 1.82) is 0 Å². The SMILES string of the molecule is CC1CCNCC1NC(=O)Cc1ccc(C(F)(F)F)cc1.Cl. The lowest BCUT2D eigenvalue weighted by atomic mass is 9.94. The second kappa shape index (κ2) is 7.83. The summed E-state index contributed by atoms with van der Waals surface area (Å²) in [5.41, 5.74) is -0.117. The minimum atomic E-state index is -4.34. The Morgan fingerprint density at radius 3 is 2.50 bits per heavy atom. The van der Waals surface area contributed by atoms with E-state index < -0.39 is 11.7 Å². The van der Waals surface area contributed by atoms with Crippen LogP contribution in [0.2, 0.25) is 0 Å². The number of halogens is 4. The van der Waals surface area contributed by atoms with Crippen molar-refractivity contribution in [2.24, 2.45) is 5.92 Å². The molecule has 2 unspecified atom stereocenters. The first-order chi connectivity index (χ1) is 9.86. The number of benzene rings is 1. The number of alkyl halides is 3. The van der Waals surface area contributed by atoms with Crippen LogP contribution < -0.4 is 10.6 Å². The van der Waals surface area contributed by atoms with Crippen molar-refractivity contribution in [2.75, 3.05) is 13.1 Å². The summed E-state index contributed by atoms with van der Waals surface area (Å²) in [6.45, 7) is 3.77. The third kappa shape index (κ3) is 5.18. The molecule has 1 aliphatic rings. The summed E-state index contributed by atoms with van der Waals surface area (Å²) >= 11 is 0. The van der Waals surface area contributed by atoms with E-state index >= 15 is 0 Å². The second-order valence-corrected chi connectivity index (χ2v) is 5.52. The maximum atomic E-state index is 12.4. The van der Waals surface area contributed by atoms with Gasteiger partial charge in [-0.1, -0.05) is 19.1 Å². The van der Waals surface area contributed by atoms with E-state index in [9.17, 15) is 18.0 Å². The minimum Gasteiger partial charge on any atom is -0.352 e. The van der Waals surface area contributed by atoms with Gasteiger partial charge in [0.2, 0.25) is 5.91 Å². The Labute approximate surface area is 134 Å². The summed E-state index contributed by atoms with van der Waals surface area (Å²) < 4.78 is 37.3. The maximum Gasteiger partial charge on any atom is 0.416 e. The predicted molar refractivity (Wildman–Crippen MR) is 81.0 cm³/mol. The third-order valence-electron chi connectivity index (χ3n) is 3.82. The zero-order valence-electron chi connectivity index (χ0n) is 12.2. The summed E-state index contributed by atoms with van der Waals surface area (Å²) in [5, 5.41) is 6.16. The average molecular weight is 337 g/mol. The van der Waals surface area contributed by atoms with Gasteiger partial charge in [-0.3, -0.25) is 4.79 Å². The van der Waals surface area contributed by atoms with Gasteiger partial charge in [0.15, 0.2) is 0 Å². The molecular weight excluding hydrogens is 317 g/mol. The van der Waals surface area contributed by atoms with Crippen LogP contribution in [0.15, 0.2) is 24.3 Å². The standard InChI is InChI=1S/C15H19F3N2O.ClH/c1-10-6-7-19-9-13(10)20-14(21)8-11-2-4-12(5-3-11)15(16,17)18;/h2-5,10,13,19H,6-9H2,1H3,(H,20,21);1H. The highest BCUT2D eigenvalue weighted by Gasteiger charge is 2.30. The minimum absolute atomic E-state index is 0. The molecule has 0 aliphatic carbocycles. The summed E-state index contributed by atoms with van der Waals surface area (Å²) in [5.74, 6) is 0.248. The van der Waals surface area contributed by atoms with Crippen molar-refractivity contribution < 1.29 is 18.0 Å². The van der Waals surface area contributed by atoms with Gasteiger partial charge in [-0.2, -0.15) is 13.2 Å². The number of rotatable bonds is 3. The summed E-state index contributed by atoms with van der Waals surface area (Å²) in [6, 6.07) is 4.80. The lowest BCUT2D eigenvalue weighted by molar-refractivity contribution is -0.137. The Balaban J connectivity index is 0.00000242. The van der Waals surface area contributed by atoms with Gasteiger partial charge in [-0.25, -0.2) is 0 Å². The Bertz CT molecular complexity index is 491. The van der Waals surface area contributed by atoms with Gasteiger partial charge in [0.25, 0.3) is 0 Å². The second-order valence-electron chi connectivity index (χ2n) is 5.52. The molecule has 3 nitrogen and oxygen atoms in total. The van der Waals surface area contributed by atoms with Crippen molar-refractivity contribution in [3.8, 4) is 0 Å². The van der Waals surface area contributed by atoms with E-state index in [2.05, 4.69) is 17.6 Å². The highest BCUT2D eigenvalue weighted by atomic mass is 35.5. The normalized spacial score (nSPS) is 21.8. The largest absolute Gasteiger partial charge is 0.416 e. The molecule has 2 rings (SSSR count). The summed E-state index contributed by atoms with van der Waals surface area (Å²) in [7, 11) is 0. The fourth-order valence-electron chi connectivity index (χ4n) is 2.44. The van der Waals surface area contributed by atoms with Crippen LogP contribution in [0, 0.1) is 5.92 Å². The van der Waals surface area contributed by atoms with E-state index in [-0.39, 0.29) is 30.8 Å². The molecule has 0 spiro atoms. The van der Waals surface area contributed by atoms with E-state index in [1.54, 1.807) is 0 Å². The number of piperidine rings is 1. The molecule has 0 saturated carbocycles. The molecule has 7 heteroatoms. The van der Waals surface area contributed by atoms with E-state index in [1.165, 1.54) is 12.1 Å². The quantitative estimate of drug-likeness (QED) is 0.891. The van der Waals surface area contributed by atoms with Crippen LogP contribution in [-0.2, 0) is 17.4 Å². The lowest BCUT2D eigenvalue weighted by Gasteiger charge is -2.30. The van der Waals surface area contributed by atoms with Crippen molar-refractivity contribution in [2.45, 2.75) is 32.0 Å². The first kappa shape index (κ1) is 18.8. The van der Waals surface area contributed by atoms with Crippen LogP contribution in [0.3, 0.4) is 0 Å². The topological polar surface area (TPSA) is 41.1 Å². The van der Waals surface area contributed by atoms with E-state index in [0.717, 1.165) is 31.6 Å². The molecule has 1 amide bonds. The monoisotopic (exact) mass is 336 g/mol. The molecule has 1 saturated heterocycles. The molecule has 0 bridgehead atoms. The highest BCUT2D eigenvalue weighted by molar-refractivity contribution is 5.85. The number of carbonyl (C=O) groups excluding carboxylic acids is 1. The van der Waals surface area contributed by atoms with Crippen molar-refractivity contribution >= 4 is 18.3 Å². The molecule has 2 atom stereocenters. The third-order valence-corrected chi connectivity index (χ3v) is 3.82. The summed E-state index contributed by atoms with van der Waals surface area (Å²) in [6.07, 6.45) is -3.24. The smallest absolute Gasteiger partial charge is 0.352 e. The number of carbonyl (C=O) groups is 1. The Morgan fingerprint density at radius 2 is 1.95 bits per heavy atom. The number of hydrogen-bond donors (Lipinski definition) is 2. The summed E-state index contributed by atoms with van der Waals surface area (Å²) in [4.78, 5) is 11.9. The molecule has 0 radical (unpaired) electrons. The van der Waals surface area contributed by atoms with Crippen LogP contribution in [0.25, 0.3) is 0 Å². The van der Waals surface area contributed by atoms with Gasteiger partial charge in [0.05, 0.1) is 12.0 Å². The van der Waals surface area contributed by atoms with Crippen molar-refractivity contribution in [1.82, 2.24) is 10.6 Å². The maximum absolute atomic E-state index is 12.4. The fraction of sp³-hybridized carbons (Fsp3) is 0.533. The average Bonchev–Trinajstić information content (AvgIpc) is 2.41. The Hall–Kier alpha value is -1.27. The molecule has 0 aromatic heterocycles. The lowest BCUT2D eigenvalue weighted by Crippen LogP contribution is -2.50. The molecule has 22 heavy (non-hydrogen) atoms. The number of nitrogens with one attached hydrogen (secondary N) is 2. The highest BCUT2D eigenvalue weighted by Crippen LogP contribution is 2.29. The molecule has 1 aromatic rings. The van der Waals surface area contributed by atoms with E-state index in [0.29, 0.717) is 11.5 Å². The first-order valence-electron chi connectivity index (χ1n) is 7.02. The molecule has 1 aliphatic heterocycles. The van der Waals surface area contributed by atoms with Gasteiger partial charge >= 0.3 is 6.18 Å². The predicted octanol–water partition coefficient (Wildman–Crippen LogP) is 2.78. The first-order valence-corrected chi connectivity index (χ1v) is 7.02. The van der Waals surface area contributed by atoms with Crippen LogP contribution in [-0.4, -0.2) is 25.0 Å². The Morgan fingerprint density at radius 1 is 1.32 bits per heavy atom. The van der Waals surface area contributed by atoms with Gasteiger partial charge < -0.3 is 10.6 Å². The fourth-order valence-corrected chi connectivity index (χ4v) is 2.44. The molecule has 124 valence electrons. The van der Waals surface area contributed by atoms with Crippen LogP contribution in [0.1, 0.15) is 24.5 Å². The van der Waals surface area contributed by atoms with Crippen LogP contribution in [0.4, 0.5) is 13.2 Å². The van der Waals surface area contributed by atoms with Crippen molar-refractivity contribution in [3.05, 3.63) is 35.4 Å².